The number of nitrogens with zero attached hydrogens (tertiary/aromatic N) is 3. The number of piperazine rings is 1. The first kappa shape index (κ1) is 22.4. The van der Waals surface area contributed by atoms with Gasteiger partial charge in [0, 0.05) is 44.0 Å². The van der Waals surface area contributed by atoms with Gasteiger partial charge in [-0.25, -0.2) is 0 Å². The van der Waals surface area contributed by atoms with Crippen LogP contribution in [0.25, 0.3) is 0 Å². The van der Waals surface area contributed by atoms with Gasteiger partial charge in [0.25, 0.3) is 0 Å². The van der Waals surface area contributed by atoms with Crippen LogP contribution in [0.3, 0.4) is 0 Å². The van der Waals surface area contributed by atoms with Gasteiger partial charge in [-0.15, -0.1) is 0 Å². The topological polar surface area (TPSA) is 68.6 Å². The SMILES string of the molecule is CC(C)Oc1cccc(N2CCN(CC[C@H]3CC[C@H](NC(=O)CC#N)CC3)CC2)c1. The summed E-state index contributed by atoms with van der Waals surface area (Å²) in [6, 6.07) is 10.6. The Morgan fingerprint density at radius 2 is 1.93 bits per heavy atom. The van der Waals surface area contributed by atoms with Gasteiger partial charge in [-0.1, -0.05) is 6.07 Å². The zero-order valence-corrected chi connectivity index (χ0v) is 18.5. The van der Waals surface area contributed by atoms with E-state index in [0.717, 1.165) is 50.7 Å². The molecule has 1 N–H and O–H groups in total. The van der Waals surface area contributed by atoms with Crippen LogP contribution in [0, 0.1) is 17.2 Å². The predicted octanol–water partition coefficient (Wildman–Crippen LogP) is 3.57. The number of nitrogens with one attached hydrogen (secondary N) is 1. The Morgan fingerprint density at radius 3 is 2.60 bits per heavy atom. The Kier molecular flexibility index (Phi) is 8.39. The van der Waals surface area contributed by atoms with Gasteiger partial charge in [0.2, 0.25) is 5.91 Å². The first-order chi connectivity index (χ1) is 14.5. The Hall–Kier alpha value is -2.26. The maximum absolute atomic E-state index is 11.6. The van der Waals surface area contributed by atoms with E-state index in [1.165, 1.54) is 31.5 Å². The van der Waals surface area contributed by atoms with E-state index in [2.05, 4.69) is 47.2 Å². The average molecular weight is 413 g/mol. The molecule has 0 unspecified atom stereocenters. The highest BCUT2D eigenvalue weighted by Crippen LogP contribution is 2.28. The average Bonchev–Trinajstić information content (AvgIpc) is 2.73. The van der Waals surface area contributed by atoms with Crippen molar-refractivity contribution in [1.82, 2.24) is 10.2 Å². The molecule has 1 heterocycles. The number of amides is 1. The van der Waals surface area contributed by atoms with E-state index in [1.807, 2.05) is 12.1 Å². The Bertz CT molecular complexity index is 714. The molecule has 2 fully saturated rings. The quantitative estimate of drug-likeness (QED) is 0.707. The van der Waals surface area contributed by atoms with Crippen molar-refractivity contribution in [3.63, 3.8) is 0 Å². The molecule has 1 aliphatic heterocycles. The fourth-order valence-corrected chi connectivity index (χ4v) is 4.57. The second kappa shape index (κ2) is 11.2. The molecule has 6 nitrogen and oxygen atoms in total. The van der Waals surface area contributed by atoms with E-state index in [4.69, 9.17) is 10.00 Å². The van der Waals surface area contributed by atoms with Crippen molar-refractivity contribution in [3.8, 4) is 11.8 Å². The van der Waals surface area contributed by atoms with Crippen molar-refractivity contribution in [2.75, 3.05) is 37.6 Å². The zero-order chi connectivity index (χ0) is 21.3. The smallest absolute Gasteiger partial charge is 0.234 e. The van der Waals surface area contributed by atoms with Crippen LogP contribution in [0.1, 0.15) is 52.4 Å². The fraction of sp³-hybridized carbons (Fsp3) is 0.667. The summed E-state index contributed by atoms with van der Waals surface area (Å²) in [7, 11) is 0. The van der Waals surface area contributed by atoms with Crippen LogP contribution >= 0.6 is 0 Å². The molecule has 6 heteroatoms. The molecule has 3 rings (SSSR count). The molecule has 1 amide bonds. The summed E-state index contributed by atoms with van der Waals surface area (Å²) < 4.78 is 5.84. The monoisotopic (exact) mass is 412 g/mol. The minimum atomic E-state index is -0.125. The van der Waals surface area contributed by atoms with Crippen molar-refractivity contribution >= 4 is 11.6 Å². The van der Waals surface area contributed by atoms with Crippen LogP contribution in [-0.2, 0) is 4.79 Å². The number of hydrogen-bond donors (Lipinski definition) is 1. The van der Waals surface area contributed by atoms with Crippen molar-refractivity contribution < 1.29 is 9.53 Å². The molecule has 0 atom stereocenters. The summed E-state index contributed by atoms with van der Waals surface area (Å²) in [6.07, 6.45) is 5.87. The van der Waals surface area contributed by atoms with Gasteiger partial charge in [0.1, 0.15) is 12.2 Å². The third kappa shape index (κ3) is 6.91. The third-order valence-electron chi connectivity index (χ3n) is 6.23. The van der Waals surface area contributed by atoms with E-state index in [9.17, 15) is 4.79 Å². The van der Waals surface area contributed by atoms with Crippen LogP contribution in [0.15, 0.2) is 24.3 Å². The lowest BCUT2D eigenvalue weighted by molar-refractivity contribution is -0.121. The molecule has 164 valence electrons. The van der Waals surface area contributed by atoms with Gasteiger partial charge in [-0.2, -0.15) is 5.26 Å². The largest absolute Gasteiger partial charge is 0.491 e. The predicted molar refractivity (Wildman–Crippen MR) is 120 cm³/mol. The lowest BCUT2D eigenvalue weighted by atomic mass is 9.84. The Labute approximate surface area is 181 Å². The molecule has 0 radical (unpaired) electrons. The summed E-state index contributed by atoms with van der Waals surface area (Å²) in [6.45, 7) is 9.61. The second-order valence-electron chi connectivity index (χ2n) is 8.90. The minimum Gasteiger partial charge on any atom is -0.491 e. The molecule has 1 aromatic rings. The van der Waals surface area contributed by atoms with Gasteiger partial charge in [0.15, 0.2) is 0 Å². The molecule has 30 heavy (non-hydrogen) atoms. The second-order valence-corrected chi connectivity index (χ2v) is 8.90. The van der Waals surface area contributed by atoms with Gasteiger partial charge >= 0.3 is 0 Å². The highest BCUT2D eigenvalue weighted by Gasteiger charge is 2.24. The number of anilines is 1. The van der Waals surface area contributed by atoms with E-state index < -0.39 is 0 Å². The highest BCUT2D eigenvalue weighted by molar-refractivity contribution is 5.78. The van der Waals surface area contributed by atoms with E-state index >= 15 is 0 Å². The van der Waals surface area contributed by atoms with E-state index in [1.54, 1.807) is 0 Å². The molecule has 1 saturated heterocycles. The van der Waals surface area contributed by atoms with Gasteiger partial charge in [-0.05, 0) is 70.5 Å². The number of benzene rings is 1. The number of carbonyl (C=O) groups excluding carboxylic acids is 1. The third-order valence-corrected chi connectivity index (χ3v) is 6.23. The maximum Gasteiger partial charge on any atom is 0.234 e. The van der Waals surface area contributed by atoms with Crippen LogP contribution in [0.4, 0.5) is 5.69 Å². The van der Waals surface area contributed by atoms with Gasteiger partial charge < -0.3 is 15.0 Å². The summed E-state index contributed by atoms with van der Waals surface area (Å²) in [5.41, 5.74) is 1.25. The molecule has 1 aromatic carbocycles. The maximum atomic E-state index is 11.6. The summed E-state index contributed by atoms with van der Waals surface area (Å²) in [5.74, 6) is 1.58. The van der Waals surface area contributed by atoms with Crippen LogP contribution in [0.5, 0.6) is 5.75 Å². The molecular weight excluding hydrogens is 376 g/mol. The van der Waals surface area contributed by atoms with Gasteiger partial charge in [-0.3, -0.25) is 9.69 Å². The molecule has 0 spiro atoms. The van der Waals surface area contributed by atoms with E-state index in [-0.39, 0.29) is 24.5 Å². The Morgan fingerprint density at radius 1 is 1.20 bits per heavy atom. The molecule has 1 aliphatic carbocycles. The summed E-state index contributed by atoms with van der Waals surface area (Å²) >= 11 is 0. The first-order valence-electron chi connectivity index (χ1n) is 11.4. The first-order valence-corrected chi connectivity index (χ1v) is 11.4. The standard InChI is InChI=1S/C24H36N4O2/c1-19(2)30-23-5-3-4-22(18-23)28-16-14-27(15-17-28)13-11-20-6-8-21(9-7-20)26-24(29)10-12-25/h3-5,18-21H,6-11,13-17H2,1-2H3,(H,26,29)/t20-,21-. The van der Waals surface area contributed by atoms with Crippen molar-refractivity contribution in [1.29, 1.82) is 5.26 Å². The van der Waals surface area contributed by atoms with Crippen LogP contribution in [0.2, 0.25) is 0 Å². The number of rotatable bonds is 8. The summed E-state index contributed by atoms with van der Waals surface area (Å²) in [5, 5.41) is 11.6. The normalized spacial score (nSPS) is 22.5. The number of ether oxygens (including phenoxy) is 1. The van der Waals surface area contributed by atoms with Crippen LogP contribution < -0.4 is 15.0 Å². The lowest BCUT2D eigenvalue weighted by Gasteiger charge is -2.37. The van der Waals surface area contributed by atoms with Crippen molar-refractivity contribution in [3.05, 3.63) is 24.3 Å². The lowest BCUT2D eigenvalue weighted by Crippen LogP contribution is -2.47. The zero-order valence-electron chi connectivity index (χ0n) is 18.5. The fourth-order valence-electron chi connectivity index (χ4n) is 4.57. The highest BCUT2D eigenvalue weighted by atomic mass is 16.5. The number of carbonyl (C=O) groups is 1. The van der Waals surface area contributed by atoms with Crippen molar-refractivity contribution in [2.45, 2.75) is 64.5 Å². The molecule has 1 saturated carbocycles. The van der Waals surface area contributed by atoms with Gasteiger partial charge in [0.05, 0.1) is 12.2 Å². The number of hydrogen-bond acceptors (Lipinski definition) is 5. The number of nitriles is 1. The molecular formula is C24H36N4O2. The van der Waals surface area contributed by atoms with Crippen molar-refractivity contribution in [2.24, 2.45) is 5.92 Å². The molecule has 0 bridgehead atoms. The minimum absolute atomic E-state index is 0.0268. The summed E-state index contributed by atoms with van der Waals surface area (Å²) in [4.78, 5) is 16.6. The molecule has 0 aromatic heterocycles. The van der Waals surface area contributed by atoms with Crippen LogP contribution in [-0.4, -0.2) is 55.7 Å². The van der Waals surface area contributed by atoms with E-state index in [0.29, 0.717) is 0 Å². The molecule has 2 aliphatic rings. The Balaban J connectivity index is 1.35.